The summed E-state index contributed by atoms with van der Waals surface area (Å²) in [6, 6.07) is 24.7. The minimum atomic E-state index is -1.65. The molecule has 4 aromatic carbocycles. The van der Waals surface area contributed by atoms with Crippen molar-refractivity contribution in [1.29, 1.82) is 0 Å². The summed E-state index contributed by atoms with van der Waals surface area (Å²) in [5.41, 5.74) is 6.64. The Morgan fingerprint density at radius 3 is 0.951 bits per heavy atom. The molecule has 0 radical (unpaired) electrons. The van der Waals surface area contributed by atoms with Gasteiger partial charge in [-0.05, 0) is 79.3 Å². The Labute approximate surface area is 368 Å². The van der Waals surface area contributed by atoms with Gasteiger partial charge in [0.15, 0.2) is 0 Å². The van der Waals surface area contributed by atoms with E-state index in [9.17, 15) is 10.2 Å². The highest BCUT2D eigenvalue weighted by atomic mass is 31.2. The molecule has 0 bridgehead atoms. The molecule has 10 heteroatoms. The zero-order valence-corrected chi connectivity index (χ0v) is 41.3. The van der Waals surface area contributed by atoms with Crippen LogP contribution in [0, 0.1) is 5.41 Å². The van der Waals surface area contributed by atoms with Gasteiger partial charge in [0, 0.05) is 22.0 Å². The van der Waals surface area contributed by atoms with Gasteiger partial charge in [0.25, 0.3) is 0 Å². The minimum absolute atomic E-state index is 0.187. The van der Waals surface area contributed by atoms with Gasteiger partial charge in [0.1, 0.15) is 23.0 Å². The first-order valence-electron chi connectivity index (χ1n) is 21.5. The van der Waals surface area contributed by atoms with Gasteiger partial charge in [-0.15, -0.1) is 0 Å². The Balaban J connectivity index is 1.11. The van der Waals surface area contributed by atoms with E-state index in [4.69, 9.17) is 27.1 Å². The summed E-state index contributed by atoms with van der Waals surface area (Å²) in [6.45, 7) is 36.2. The average molecular weight is 873 g/mol. The molecule has 2 aliphatic rings. The number of aromatic hydroxyl groups is 2. The normalized spacial score (nSPS) is 20.8. The molecule has 0 saturated carbocycles. The molecule has 6 rings (SSSR count). The molecule has 0 unspecified atom stereocenters. The summed E-state index contributed by atoms with van der Waals surface area (Å²) in [5.74, 6) is 2.12. The van der Waals surface area contributed by atoms with E-state index < -0.39 is 22.6 Å². The fourth-order valence-corrected chi connectivity index (χ4v) is 10.4. The lowest BCUT2D eigenvalue weighted by Gasteiger charge is -2.41. The van der Waals surface area contributed by atoms with Crippen LogP contribution in [0.2, 0.25) is 0 Å². The molecule has 2 saturated heterocycles. The van der Waals surface area contributed by atoms with Crippen LogP contribution in [0.1, 0.15) is 155 Å². The molecule has 2 heterocycles. The molecule has 0 aromatic heterocycles. The second-order valence-corrected chi connectivity index (χ2v) is 24.7. The first kappa shape index (κ1) is 47.3. The van der Waals surface area contributed by atoms with E-state index in [1.807, 2.05) is 36.4 Å². The van der Waals surface area contributed by atoms with Crippen molar-refractivity contribution in [3.8, 4) is 23.0 Å². The Kier molecular flexibility index (Phi) is 13.0. The first-order chi connectivity index (χ1) is 28.0. The molecule has 0 amide bonds. The summed E-state index contributed by atoms with van der Waals surface area (Å²) < 4.78 is 38.2. The SMILES string of the molecule is CC(C)(C)c1cc(C(C)(C)c2ccc(OP3OCC4(CO3)COP(Oc3ccc(C(C)(C)c5ccc(O)c(C(C)(C)C)c5)cc3C(C)(C)C)OC4)c(C(C)(C)C)c2)ccc1O. The van der Waals surface area contributed by atoms with Crippen LogP contribution in [0.5, 0.6) is 23.0 Å². The number of phenols is 2. The van der Waals surface area contributed by atoms with Crippen molar-refractivity contribution in [3.63, 3.8) is 0 Å². The van der Waals surface area contributed by atoms with Crippen LogP contribution in [-0.4, -0.2) is 36.6 Å². The zero-order valence-electron chi connectivity index (χ0n) is 39.5. The van der Waals surface area contributed by atoms with Gasteiger partial charge in [-0.1, -0.05) is 159 Å². The maximum absolute atomic E-state index is 10.7. The average Bonchev–Trinajstić information content (AvgIpc) is 3.15. The summed E-state index contributed by atoms with van der Waals surface area (Å²) in [7, 11) is -3.30. The fraction of sp³-hybridized carbons (Fsp3) is 0.529. The predicted octanol–water partition coefficient (Wildman–Crippen LogP) is 13.9. The third-order valence-electron chi connectivity index (χ3n) is 12.3. The van der Waals surface area contributed by atoms with Gasteiger partial charge < -0.3 is 37.4 Å². The van der Waals surface area contributed by atoms with E-state index in [2.05, 4.69) is 147 Å². The lowest BCUT2D eigenvalue weighted by atomic mass is 9.73. The van der Waals surface area contributed by atoms with Crippen LogP contribution in [0.3, 0.4) is 0 Å². The second-order valence-electron chi connectivity index (χ2n) is 22.4. The van der Waals surface area contributed by atoms with Crippen LogP contribution in [-0.2, 0) is 50.6 Å². The summed E-state index contributed by atoms with van der Waals surface area (Å²) in [4.78, 5) is 0. The third-order valence-corrected chi connectivity index (χ3v) is 14.4. The van der Waals surface area contributed by atoms with Crippen LogP contribution in [0.25, 0.3) is 0 Å². The predicted molar refractivity (Wildman–Crippen MR) is 249 cm³/mol. The second kappa shape index (κ2) is 16.7. The van der Waals surface area contributed by atoms with Gasteiger partial charge in [-0.25, -0.2) is 0 Å². The van der Waals surface area contributed by atoms with Crippen LogP contribution >= 0.6 is 17.2 Å². The highest BCUT2D eigenvalue weighted by Gasteiger charge is 2.45. The quantitative estimate of drug-likeness (QED) is 0.169. The van der Waals surface area contributed by atoms with Crippen molar-refractivity contribution in [2.24, 2.45) is 5.41 Å². The minimum Gasteiger partial charge on any atom is -0.508 e. The third kappa shape index (κ3) is 10.3. The number of rotatable bonds is 8. The largest absolute Gasteiger partial charge is 0.508 e. The van der Waals surface area contributed by atoms with Gasteiger partial charge in [-0.3, -0.25) is 0 Å². The standard InChI is InChI=1S/C51H70O8P2/c1-45(2,3)37-25-33(17-21-41(37)52)49(13,14)35-19-23-43(39(27-35)47(7,8)9)58-60-54-29-51(30-55-60)31-56-61(57-32-51)59-44-24-20-36(28-40(44)48(10,11)12)50(15,16)34-18-22-42(53)38(26-34)46(4,5)6/h17-28,52-53H,29-32H2,1-16H3. The van der Waals surface area contributed by atoms with E-state index in [1.54, 1.807) is 0 Å². The van der Waals surface area contributed by atoms with Crippen molar-refractivity contribution in [1.82, 2.24) is 0 Å². The molecule has 2 aliphatic heterocycles. The molecule has 332 valence electrons. The Hall–Kier alpha value is -3.22. The van der Waals surface area contributed by atoms with E-state index in [0.29, 0.717) is 37.9 Å². The first-order valence-corrected chi connectivity index (χ1v) is 23.7. The van der Waals surface area contributed by atoms with Gasteiger partial charge in [0.2, 0.25) is 0 Å². The Morgan fingerprint density at radius 1 is 0.410 bits per heavy atom. The molecule has 2 N–H and O–H groups in total. The van der Waals surface area contributed by atoms with Gasteiger partial charge in [-0.2, -0.15) is 0 Å². The topological polar surface area (TPSA) is 95.8 Å². The van der Waals surface area contributed by atoms with E-state index in [0.717, 1.165) is 56.0 Å². The monoisotopic (exact) mass is 872 g/mol. The lowest BCUT2D eigenvalue weighted by molar-refractivity contribution is -0.0673. The number of hydrogen-bond acceptors (Lipinski definition) is 8. The van der Waals surface area contributed by atoms with E-state index in [1.165, 1.54) is 0 Å². The van der Waals surface area contributed by atoms with Crippen LogP contribution < -0.4 is 9.05 Å². The van der Waals surface area contributed by atoms with E-state index >= 15 is 0 Å². The number of benzene rings is 4. The molecular formula is C51H70O8P2. The maximum atomic E-state index is 10.7. The molecule has 8 nitrogen and oxygen atoms in total. The van der Waals surface area contributed by atoms with Crippen molar-refractivity contribution in [2.75, 3.05) is 26.4 Å². The molecule has 61 heavy (non-hydrogen) atoms. The Morgan fingerprint density at radius 2 is 0.672 bits per heavy atom. The molecule has 4 aromatic rings. The number of hydrogen-bond donors (Lipinski definition) is 2. The molecule has 0 aliphatic carbocycles. The van der Waals surface area contributed by atoms with Crippen LogP contribution in [0.4, 0.5) is 0 Å². The summed E-state index contributed by atoms with van der Waals surface area (Å²) in [5, 5.41) is 21.3. The van der Waals surface area contributed by atoms with Crippen molar-refractivity contribution >= 4 is 17.2 Å². The molecule has 2 fully saturated rings. The zero-order chi connectivity index (χ0) is 45.1. The summed E-state index contributed by atoms with van der Waals surface area (Å²) >= 11 is 0. The van der Waals surface area contributed by atoms with Crippen molar-refractivity contribution in [3.05, 3.63) is 117 Å². The highest BCUT2D eigenvalue weighted by molar-refractivity contribution is 7.42. The lowest BCUT2D eigenvalue weighted by Crippen LogP contribution is -2.45. The molecule has 1 spiro atoms. The maximum Gasteiger partial charge on any atom is 0.397 e. The van der Waals surface area contributed by atoms with Crippen LogP contribution in [0.15, 0.2) is 72.8 Å². The van der Waals surface area contributed by atoms with E-state index in [-0.39, 0.29) is 32.5 Å². The van der Waals surface area contributed by atoms with Crippen molar-refractivity contribution in [2.45, 2.75) is 143 Å². The molecular weight excluding hydrogens is 803 g/mol. The smallest absolute Gasteiger partial charge is 0.397 e. The van der Waals surface area contributed by atoms with Gasteiger partial charge >= 0.3 is 17.2 Å². The van der Waals surface area contributed by atoms with Gasteiger partial charge in [0.05, 0.1) is 31.8 Å². The van der Waals surface area contributed by atoms with Crippen molar-refractivity contribution < 1.29 is 37.4 Å². The fourth-order valence-electron chi connectivity index (χ4n) is 7.90. The highest BCUT2D eigenvalue weighted by Crippen LogP contribution is 2.55. The Bertz CT molecular complexity index is 2040. The summed E-state index contributed by atoms with van der Waals surface area (Å²) in [6.07, 6.45) is 0. The molecule has 0 atom stereocenters. The number of phenolic OH excluding ortho intramolecular Hbond substituents is 2.